The molecule has 3 amide bonds. The van der Waals surface area contributed by atoms with Crippen LogP contribution >= 0.6 is 15.9 Å². The molecule has 10 nitrogen and oxygen atoms in total. The molecule has 2 N–H and O–H groups in total. The molecule has 1 aromatic rings. The predicted molar refractivity (Wildman–Crippen MR) is 168 cm³/mol. The Balaban J connectivity index is 1.68. The number of anilines is 1. The van der Waals surface area contributed by atoms with Gasteiger partial charge in [0.25, 0.3) is 5.91 Å². The van der Waals surface area contributed by atoms with E-state index in [9.17, 15) is 19.5 Å². The standard InChI is InChI=1S/C33H42BrN3O7/c1-18(2)13-22(17-38)37-29-31(41)36(24-14-19(3)10-11-20(24)4)12-8-6-7-9-25(39)35-16-21(5)43-32(42)26-27(30(37)40)33(29)15-23(34)28(26)44-33/h6,8,10-11,14-15,18,21-22,26-29,38H,7,9,12-13,16-17H2,1-5H3,(H,35,39)/b8-6-/t21-,22-,26+,27-,28+,29+,33-/m1/s1. The Hall–Kier alpha value is -3.02. The van der Waals surface area contributed by atoms with Crippen molar-refractivity contribution < 1.29 is 33.8 Å². The Bertz CT molecular complexity index is 1390. The number of aryl methyl sites for hydroxylation is 2. The second-order valence-corrected chi connectivity index (χ2v) is 13.8. The average molecular weight is 673 g/mol. The number of esters is 1. The molecule has 2 fully saturated rings. The fourth-order valence-electron chi connectivity index (χ4n) is 7.06. The Kier molecular flexibility index (Phi) is 9.39. The SMILES string of the molecule is Cc1ccc(C)c(N2C/C=C\CCC(=O)NC[C@@H](C)OC(=O)[C@@H]3[C@H]4O[C@@]5(C=C4Br)[C@H](C2=O)N([C@@H](CO)CC(C)C)C(=O)[C@@H]35)c1. The molecule has 1 spiro atoms. The molecule has 0 saturated carbocycles. The monoisotopic (exact) mass is 671 g/mol. The molecule has 0 radical (unpaired) electrons. The van der Waals surface area contributed by atoms with Crippen molar-refractivity contribution in [1.82, 2.24) is 10.2 Å². The van der Waals surface area contributed by atoms with Gasteiger partial charge < -0.3 is 29.7 Å². The van der Waals surface area contributed by atoms with Crippen molar-refractivity contribution in [1.29, 1.82) is 0 Å². The zero-order valence-corrected chi connectivity index (χ0v) is 27.5. The van der Waals surface area contributed by atoms with Gasteiger partial charge in [-0.2, -0.15) is 0 Å². The molecule has 5 rings (SSSR count). The minimum Gasteiger partial charge on any atom is -0.460 e. The van der Waals surface area contributed by atoms with Crippen LogP contribution in [-0.2, 0) is 28.7 Å². The van der Waals surface area contributed by atoms with Gasteiger partial charge in [0, 0.05) is 23.1 Å². The summed E-state index contributed by atoms with van der Waals surface area (Å²) in [6.07, 6.45) is 5.20. The zero-order chi connectivity index (χ0) is 31.9. The van der Waals surface area contributed by atoms with Crippen molar-refractivity contribution in [3.63, 3.8) is 0 Å². The Morgan fingerprint density at radius 1 is 1.14 bits per heavy atom. The number of likely N-dealkylation sites (tertiary alicyclic amines) is 1. The predicted octanol–water partition coefficient (Wildman–Crippen LogP) is 3.31. The summed E-state index contributed by atoms with van der Waals surface area (Å²) in [4.78, 5) is 58.9. The number of allylic oxidation sites excluding steroid dienone is 1. The van der Waals surface area contributed by atoms with E-state index in [-0.39, 0.29) is 43.8 Å². The van der Waals surface area contributed by atoms with Crippen molar-refractivity contribution in [3.8, 4) is 0 Å². The van der Waals surface area contributed by atoms with Gasteiger partial charge in [-0.3, -0.25) is 19.2 Å². The van der Waals surface area contributed by atoms with Crippen LogP contribution in [0, 0.1) is 31.6 Å². The number of aliphatic hydroxyl groups is 1. The molecule has 4 aliphatic heterocycles. The molecule has 0 aliphatic carbocycles. The van der Waals surface area contributed by atoms with Gasteiger partial charge in [-0.1, -0.05) is 54.1 Å². The first-order chi connectivity index (χ1) is 20.9. The number of benzene rings is 1. The number of nitrogens with one attached hydrogen (secondary N) is 1. The highest BCUT2D eigenvalue weighted by molar-refractivity contribution is 9.11. The number of aliphatic hydroxyl groups excluding tert-OH is 1. The number of amides is 3. The maximum absolute atomic E-state index is 15.1. The van der Waals surface area contributed by atoms with Gasteiger partial charge in [0.05, 0.1) is 25.1 Å². The largest absolute Gasteiger partial charge is 0.460 e. The van der Waals surface area contributed by atoms with E-state index < -0.39 is 53.6 Å². The van der Waals surface area contributed by atoms with Crippen LogP contribution in [0.5, 0.6) is 0 Å². The third-order valence-corrected chi connectivity index (χ3v) is 9.72. The van der Waals surface area contributed by atoms with Crippen molar-refractivity contribution in [2.75, 3.05) is 24.6 Å². The van der Waals surface area contributed by atoms with E-state index >= 15 is 4.79 Å². The van der Waals surface area contributed by atoms with E-state index in [0.717, 1.165) is 11.1 Å². The Morgan fingerprint density at radius 3 is 2.59 bits per heavy atom. The molecule has 1 aromatic carbocycles. The number of cyclic esters (lactones) is 1. The molecular formula is C33H42BrN3O7. The lowest BCUT2D eigenvalue weighted by atomic mass is 9.74. The topological polar surface area (TPSA) is 125 Å². The lowest BCUT2D eigenvalue weighted by molar-refractivity contribution is -0.159. The first kappa shape index (κ1) is 32.4. The number of fused-ring (bicyclic) bond motifs is 2. The summed E-state index contributed by atoms with van der Waals surface area (Å²) in [6, 6.07) is 4.05. The summed E-state index contributed by atoms with van der Waals surface area (Å²) in [5, 5.41) is 13.4. The highest BCUT2D eigenvalue weighted by atomic mass is 79.9. The molecule has 0 aromatic heterocycles. The summed E-state index contributed by atoms with van der Waals surface area (Å²) >= 11 is 3.57. The van der Waals surface area contributed by atoms with Gasteiger partial charge in [-0.15, -0.1) is 0 Å². The van der Waals surface area contributed by atoms with Gasteiger partial charge >= 0.3 is 5.97 Å². The molecular weight excluding hydrogens is 630 g/mol. The van der Waals surface area contributed by atoms with Crippen molar-refractivity contribution in [3.05, 3.63) is 52.0 Å². The quantitative estimate of drug-likeness (QED) is 0.364. The average Bonchev–Trinajstić information content (AvgIpc) is 3.56. The third-order valence-electron chi connectivity index (χ3n) is 9.04. The molecule has 2 saturated heterocycles. The molecule has 44 heavy (non-hydrogen) atoms. The van der Waals surface area contributed by atoms with Gasteiger partial charge in [0.15, 0.2) is 0 Å². The van der Waals surface area contributed by atoms with Crippen LogP contribution in [-0.4, -0.2) is 83.3 Å². The van der Waals surface area contributed by atoms with Crippen molar-refractivity contribution >= 4 is 45.3 Å². The Morgan fingerprint density at radius 2 is 1.89 bits per heavy atom. The molecule has 11 heteroatoms. The maximum Gasteiger partial charge on any atom is 0.313 e. The number of nitrogens with zero attached hydrogens (tertiary/aromatic N) is 2. The van der Waals surface area contributed by atoms with Crippen LogP contribution < -0.4 is 10.2 Å². The molecule has 0 unspecified atom stereocenters. The van der Waals surface area contributed by atoms with Gasteiger partial charge in [-0.25, -0.2) is 0 Å². The van der Waals surface area contributed by atoms with E-state index in [1.54, 1.807) is 17.9 Å². The molecule has 4 aliphatic rings. The number of ether oxygens (including phenoxy) is 2. The van der Waals surface area contributed by atoms with Crippen LogP contribution in [0.15, 0.2) is 40.9 Å². The first-order valence-electron chi connectivity index (χ1n) is 15.4. The molecule has 238 valence electrons. The van der Waals surface area contributed by atoms with E-state index in [0.29, 0.717) is 23.0 Å². The summed E-state index contributed by atoms with van der Waals surface area (Å²) in [5.74, 6) is -3.51. The molecule has 7 atom stereocenters. The fraction of sp³-hybridized carbons (Fsp3) is 0.576. The second kappa shape index (κ2) is 12.8. The number of rotatable bonds is 5. The van der Waals surface area contributed by atoms with Gasteiger partial charge in [0.2, 0.25) is 11.8 Å². The lowest BCUT2D eigenvalue weighted by Crippen LogP contribution is -2.59. The lowest BCUT2D eigenvalue weighted by Gasteiger charge is -2.39. The van der Waals surface area contributed by atoms with E-state index in [2.05, 4.69) is 21.2 Å². The summed E-state index contributed by atoms with van der Waals surface area (Å²) in [6.45, 7) is 9.52. The molecule has 4 heterocycles. The van der Waals surface area contributed by atoms with Crippen molar-refractivity contribution in [2.24, 2.45) is 17.8 Å². The van der Waals surface area contributed by atoms with Gasteiger partial charge in [-0.05, 0) is 62.8 Å². The van der Waals surface area contributed by atoms with E-state index in [4.69, 9.17) is 9.47 Å². The first-order valence-corrected chi connectivity index (χ1v) is 16.2. The number of hydrogen-bond acceptors (Lipinski definition) is 7. The van der Waals surface area contributed by atoms with Crippen LogP contribution in [0.3, 0.4) is 0 Å². The summed E-state index contributed by atoms with van der Waals surface area (Å²) in [7, 11) is 0. The Labute approximate surface area is 266 Å². The summed E-state index contributed by atoms with van der Waals surface area (Å²) in [5.41, 5.74) is 1.07. The van der Waals surface area contributed by atoms with Crippen molar-refractivity contribution in [2.45, 2.75) is 83.8 Å². The normalized spacial score (nSPS) is 32.5. The highest BCUT2D eigenvalue weighted by Crippen LogP contribution is 2.59. The van der Waals surface area contributed by atoms with Crippen LogP contribution in [0.2, 0.25) is 0 Å². The maximum atomic E-state index is 15.1. The minimum absolute atomic E-state index is 0.119. The van der Waals surface area contributed by atoms with Crippen LogP contribution in [0.25, 0.3) is 0 Å². The number of halogens is 1. The number of carbonyl (C=O) groups is 4. The smallest absolute Gasteiger partial charge is 0.313 e. The van der Waals surface area contributed by atoms with Gasteiger partial charge in [0.1, 0.15) is 29.8 Å². The fourth-order valence-corrected chi connectivity index (χ4v) is 7.80. The third kappa shape index (κ3) is 5.74. The molecule has 5 bridgehead atoms. The zero-order valence-electron chi connectivity index (χ0n) is 25.9. The number of hydrogen-bond donors (Lipinski definition) is 2. The van der Waals surface area contributed by atoms with Crippen LogP contribution in [0.4, 0.5) is 5.69 Å². The number of carbonyl (C=O) groups excluding carboxylic acids is 4. The van der Waals surface area contributed by atoms with Crippen LogP contribution in [0.1, 0.15) is 51.2 Å². The summed E-state index contributed by atoms with van der Waals surface area (Å²) < 4.78 is 12.9. The van der Waals surface area contributed by atoms with E-state index in [1.165, 1.54) is 4.90 Å². The highest BCUT2D eigenvalue weighted by Gasteiger charge is 2.75. The minimum atomic E-state index is -1.45. The van der Waals surface area contributed by atoms with E-state index in [1.807, 2.05) is 58.0 Å². The second-order valence-electron chi connectivity index (χ2n) is 12.8.